The minimum Gasteiger partial charge on any atom is -0.478 e. The molecule has 0 saturated carbocycles. The molecule has 0 aliphatic heterocycles. The maximum absolute atomic E-state index is 12.3. The zero-order chi connectivity index (χ0) is 22.5. The van der Waals surface area contributed by atoms with Gasteiger partial charge in [0, 0.05) is 17.2 Å². The van der Waals surface area contributed by atoms with E-state index in [2.05, 4.69) is 16.8 Å². The second kappa shape index (κ2) is 9.50. The fourth-order valence-corrected chi connectivity index (χ4v) is 4.14. The third kappa shape index (κ3) is 6.22. The van der Waals surface area contributed by atoms with Gasteiger partial charge in [0.05, 0.1) is 21.2 Å². The number of hydrogen-bond acceptors (Lipinski definition) is 5. The van der Waals surface area contributed by atoms with Crippen LogP contribution < -0.4 is 4.74 Å². The van der Waals surface area contributed by atoms with Gasteiger partial charge in [-0.2, -0.15) is 0 Å². The number of pyridine rings is 1. The Balaban J connectivity index is 2.43. The second-order valence-corrected chi connectivity index (χ2v) is 10.4. The summed E-state index contributed by atoms with van der Waals surface area (Å²) >= 11 is 6.03. The summed E-state index contributed by atoms with van der Waals surface area (Å²) in [7, 11) is -3.36. The molecule has 0 aliphatic rings. The van der Waals surface area contributed by atoms with Gasteiger partial charge < -0.3 is 9.84 Å². The highest BCUT2D eigenvalue weighted by Crippen LogP contribution is 2.27. The first kappa shape index (κ1) is 23.7. The van der Waals surface area contributed by atoms with Crippen LogP contribution in [0.5, 0.6) is 5.88 Å². The second-order valence-electron chi connectivity index (χ2n) is 7.81. The molecule has 30 heavy (non-hydrogen) atoms. The number of sulfone groups is 1. The van der Waals surface area contributed by atoms with Crippen LogP contribution >= 0.6 is 11.6 Å². The maximum Gasteiger partial charge on any atom is 0.345 e. The standard InChI is InChI=1S/C22H24ClNO5S/c1-5-11-30(27,28)18-8-6-7-15(12-18)9-10-16-13-17(23)14-24-20(16)29-19(21(25)26)22(2,3)4/h6-8,12-14,19H,5,11H2,1-4H3,(H,25,26). The molecule has 8 heteroatoms. The molecule has 1 atom stereocenters. The van der Waals surface area contributed by atoms with E-state index < -0.39 is 27.3 Å². The predicted octanol–water partition coefficient (Wildman–Crippen LogP) is 4.20. The van der Waals surface area contributed by atoms with Crippen molar-refractivity contribution in [3.8, 4) is 17.7 Å². The minimum atomic E-state index is -3.36. The quantitative estimate of drug-likeness (QED) is 0.664. The van der Waals surface area contributed by atoms with E-state index in [1.165, 1.54) is 24.4 Å². The summed E-state index contributed by atoms with van der Waals surface area (Å²) in [6, 6.07) is 7.88. The number of nitrogens with zero attached hydrogens (tertiary/aromatic N) is 1. The molecule has 0 bridgehead atoms. The van der Waals surface area contributed by atoms with Gasteiger partial charge in [0.15, 0.2) is 9.84 Å². The fourth-order valence-electron chi connectivity index (χ4n) is 2.61. The summed E-state index contributed by atoms with van der Waals surface area (Å²) in [5.74, 6) is 4.74. The van der Waals surface area contributed by atoms with Crippen LogP contribution in [-0.4, -0.2) is 36.3 Å². The van der Waals surface area contributed by atoms with E-state index in [0.29, 0.717) is 22.6 Å². The van der Waals surface area contributed by atoms with Crippen LogP contribution in [0.4, 0.5) is 0 Å². The number of carboxylic acid groups (broad SMARTS) is 1. The van der Waals surface area contributed by atoms with Crippen molar-refractivity contribution >= 4 is 27.4 Å². The number of halogens is 1. The molecule has 0 aliphatic carbocycles. The van der Waals surface area contributed by atoms with E-state index in [4.69, 9.17) is 16.3 Å². The summed E-state index contributed by atoms with van der Waals surface area (Å²) in [4.78, 5) is 15.9. The van der Waals surface area contributed by atoms with Crippen molar-refractivity contribution in [2.75, 3.05) is 5.75 Å². The van der Waals surface area contributed by atoms with Crippen molar-refractivity contribution in [3.05, 3.63) is 52.7 Å². The monoisotopic (exact) mass is 449 g/mol. The lowest BCUT2D eigenvalue weighted by atomic mass is 9.89. The highest BCUT2D eigenvalue weighted by atomic mass is 35.5. The Hall–Kier alpha value is -2.56. The molecule has 0 fully saturated rings. The van der Waals surface area contributed by atoms with Crippen molar-refractivity contribution < 1.29 is 23.1 Å². The van der Waals surface area contributed by atoms with Gasteiger partial charge in [-0.3, -0.25) is 0 Å². The van der Waals surface area contributed by atoms with Crippen LogP contribution in [-0.2, 0) is 14.6 Å². The highest BCUT2D eigenvalue weighted by molar-refractivity contribution is 7.91. The molecule has 1 heterocycles. The van der Waals surface area contributed by atoms with E-state index in [1.807, 2.05) is 0 Å². The van der Waals surface area contributed by atoms with E-state index in [0.717, 1.165) is 0 Å². The first-order valence-corrected chi connectivity index (χ1v) is 11.4. The third-order valence-electron chi connectivity index (χ3n) is 4.07. The maximum atomic E-state index is 12.3. The average Bonchev–Trinajstić information content (AvgIpc) is 2.64. The third-order valence-corrected chi connectivity index (χ3v) is 6.19. The number of aliphatic carboxylic acids is 1. The Bertz CT molecular complexity index is 1090. The summed E-state index contributed by atoms with van der Waals surface area (Å²) in [6.45, 7) is 7.04. The molecule has 0 saturated heterocycles. The van der Waals surface area contributed by atoms with Gasteiger partial charge in [-0.15, -0.1) is 0 Å². The van der Waals surface area contributed by atoms with Gasteiger partial charge in [-0.25, -0.2) is 18.2 Å². The molecule has 1 unspecified atom stereocenters. The fraction of sp³-hybridized carbons (Fsp3) is 0.364. The molecule has 1 N–H and O–H groups in total. The molecule has 2 rings (SSSR count). The van der Waals surface area contributed by atoms with Crippen molar-refractivity contribution in [1.82, 2.24) is 4.98 Å². The van der Waals surface area contributed by atoms with Crippen molar-refractivity contribution in [3.63, 3.8) is 0 Å². The lowest BCUT2D eigenvalue weighted by Gasteiger charge is -2.27. The molecule has 2 aromatic rings. The molecule has 0 spiro atoms. The zero-order valence-corrected chi connectivity index (χ0v) is 18.8. The molecule has 0 radical (unpaired) electrons. The van der Waals surface area contributed by atoms with Gasteiger partial charge in [0.25, 0.3) is 0 Å². The average molecular weight is 450 g/mol. The Kier molecular flexibility index (Phi) is 7.51. The molecule has 1 aromatic heterocycles. The van der Waals surface area contributed by atoms with E-state index in [9.17, 15) is 18.3 Å². The zero-order valence-electron chi connectivity index (χ0n) is 17.3. The molecule has 0 amide bonds. The van der Waals surface area contributed by atoms with Gasteiger partial charge in [-0.1, -0.05) is 57.2 Å². The number of rotatable bonds is 6. The first-order chi connectivity index (χ1) is 13.9. The Labute approximate surface area is 182 Å². The van der Waals surface area contributed by atoms with Crippen LogP contribution in [0.2, 0.25) is 5.02 Å². The van der Waals surface area contributed by atoms with Crippen LogP contribution in [0.3, 0.4) is 0 Å². The van der Waals surface area contributed by atoms with E-state index >= 15 is 0 Å². The van der Waals surface area contributed by atoms with Crippen molar-refractivity contribution in [2.45, 2.75) is 45.1 Å². The summed E-state index contributed by atoms with van der Waals surface area (Å²) < 4.78 is 30.2. The number of benzene rings is 1. The summed E-state index contributed by atoms with van der Waals surface area (Å²) in [5, 5.41) is 9.82. The number of ether oxygens (including phenoxy) is 1. The Morgan fingerprint density at radius 3 is 2.57 bits per heavy atom. The van der Waals surface area contributed by atoms with E-state index in [-0.39, 0.29) is 16.5 Å². The largest absolute Gasteiger partial charge is 0.478 e. The van der Waals surface area contributed by atoms with Gasteiger partial charge in [0.2, 0.25) is 12.0 Å². The Morgan fingerprint density at radius 1 is 1.27 bits per heavy atom. The van der Waals surface area contributed by atoms with Gasteiger partial charge >= 0.3 is 5.97 Å². The number of carbonyl (C=O) groups is 1. The van der Waals surface area contributed by atoms with E-state index in [1.54, 1.807) is 39.8 Å². The first-order valence-electron chi connectivity index (χ1n) is 9.34. The SMILES string of the molecule is CCCS(=O)(=O)c1cccc(C#Cc2cc(Cl)cnc2OC(C(=O)O)C(C)(C)C)c1. The molecule has 160 valence electrons. The number of carboxylic acids is 1. The molecule has 1 aromatic carbocycles. The number of aromatic nitrogens is 1. The topological polar surface area (TPSA) is 93.6 Å². The van der Waals surface area contributed by atoms with Crippen LogP contribution in [0.15, 0.2) is 41.4 Å². The highest BCUT2D eigenvalue weighted by Gasteiger charge is 2.34. The van der Waals surface area contributed by atoms with Crippen LogP contribution in [0.25, 0.3) is 0 Å². The molecular formula is C22H24ClNO5S. The Morgan fingerprint density at radius 2 is 1.97 bits per heavy atom. The summed E-state index contributed by atoms with van der Waals surface area (Å²) in [5.41, 5.74) is 0.114. The van der Waals surface area contributed by atoms with Crippen LogP contribution in [0, 0.1) is 17.3 Å². The minimum absolute atomic E-state index is 0.0454. The van der Waals surface area contributed by atoms with Gasteiger partial charge in [0.1, 0.15) is 0 Å². The summed E-state index contributed by atoms with van der Waals surface area (Å²) in [6.07, 6.45) is 0.724. The predicted molar refractivity (Wildman–Crippen MR) is 116 cm³/mol. The lowest BCUT2D eigenvalue weighted by Crippen LogP contribution is -2.39. The molecule has 6 nitrogen and oxygen atoms in total. The van der Waals surface area contributed by atoms with Crippen molar-refractivity contribution in [1.29, 1.82) is 0 Å². The smallest absolute Gasteiger partial charge is 0.345 e. The van der Waals surface area contributed by atoms with Crippen LogP contribution in [0.1, 0.15) is 45.2 Å². The van der Waals surface area contributed by atoms with Gasteiger partial charge in [-0.05, 0) is 30.7 Å². The number of hydrogen-bond donors (Lipinski definition) is 1. The molecular weight excluding hydrogens is 426 g/mol. The van der Waals surface area contributed by atoms with Crippen molar-refractivity contribution in [2.24, 2.45) is 5.41 Å². The lowest BCUT2D eigenvalue weighted by molar-refractivity contribution is -0.150. The normalized spacial score (nSPS) is 12.6.